The predicted octanol–water partition coefficient (Wildman–Crippen LogP) is 4.91. The van der Waals surface area contributed by atoms with Gasteiger partial charge < -0.3 is 34.5 Å². The lowest BCUT2D eigenvalue weighted by Crippen LogP contribution is -2.69. The van der Waals surface area contributed by atoms with Crippen molar-refractivity contribution in [1.29, 1.82) is 0 Å². The van der Waals surface area contributed by atoms with Crippen LogP contribution in [0.15, 0.2) is 47.7 Å². The van der Waals surface area contributed by atoms with Gasteiger partial charge >= 0.3 is 0 Å². The molecule has 2 saturated carbocycles. The lowest BCUT2D eigenvalue weighted by molar-refractivity contribution is -0.255. The highest BCUT2D eigenvalue weighted by atomic mass is 16.7. The summed E-state index contributed by atoms with van der Waals surface area (Å²) in [5.41, 5.74) is 2.72. The molecular formula is C34H48N2O7. The molecule has 9 heteroatoms. The zero-order valence-corrected chi connectivity index (χ0v) is 25.6. The first-order chi connectivity index (χ1) is 20.9. The van der Waals surface area contributed by atoms with Crippen LogP contribution in [-0.2, 0) is 14.4 Å². The number of rotatable bonds is 15. The number of aromatic hydroxyl groups is 1. The maximum absolute atomic E-state index is 13.6. The lowest BCUT2D eigenvalue weighted by Gasteiger charge is -2.59. The van der Waals surface area contributed by atoms with Crippen LogP contribution in [0.5, 0.6) is 11.5 Å². The van der Waals surface area contributed by atoms with Crippen LogP contribution in [-0.4, -0.2) is 77.1 Å². The number of phenolic OH excluding ortho intramolecular Hbond substituents is 1. The summed E-state index contributed by atoms with van der Waals surface area (Å²) in [7, 11) is 1.85. The van der Waals surface area contributed by atoms with E-state index in [2.05, 4.69) is 17.8 Å². The van der Waals surface area contributed by atoms with Gasteiger partial charge in [0.05, 0.1) is 18.2 Å². The average Bonchev–Trinajstić information content (AvgIpc) is 3.86. The first kappa shape index (κ1) is 31.5. The second-order valence-electron chi connectivity index (χ2n) is 12.4. The minimum atomic E-state index is -1.22. The summed E-state index contributed by atoms with van der Waals surface area (Å²) < 4.78 is 13.8. The Hall–Kier alpha value is -2.88. The molecule has 2 fully saturated rings. The molecule has 4 aliphatic rings. The quantitative estimate of drug-likeness (QED) is 0.149. The average molecular weight is 597 g/mol. The summed E-state index contributed by atoms with van der Waals surface area (Å²) in [6.45, 7) is 6.76. The molecule has 0 radical (unpaired) electrons. The number of aliphatic hydroxyl groups excluding tert-OH is 2. The molecule has 0 bridgehead atoms. The third-order valence-corrected chi connectivity index (χ3v) is 9.70. The summed E-state index contributed by atoms with van der Waals surface area (Å²) >= 11 is 0. The zero-order chi connectivity index (χ0) is 30.6. The van der Waals surface area contributed by atoms with E-state index in [1.54, 1.807) is 12.1 Å². The number of ether oxygens (including phenoxy) is 2. The number of oxime groups is 1. The predicted molar refractivity (Wildman–Crippen MR) is 164 cm³/mol. The van der Waals surface area contributed by atoms with E-state index in [9.17, 15) is 20.1 Å². The van der Waals surface area contributed by atoms with Gasteiger partial charge in [-0.25, -0.2) is 0 Å². The van der Waals surface area contributed by atoms with Crippen LogP contribution in [0.4, 0.5) is 0 Å². The van der Waals surface area contributed by atoms with Crippen LogP contribution >= 0.6 is 0 Å². The number of likely N-dealkylation sites (N-methyl/N-ethyl adjacent to an activating group) is 1. The number of aliphatic hydroxyl groups is 2. The number of allylic oxidation sites excluding steroid dienone is 1. The van der Waals surface area contributed by atoms with Gasteiger partial charge in [-0.1, -0.05) is 30.1 Å². The summed E-state index contributed by atoms with van der Waals surface area (Å²) in [5.74, 6) is -0.433. The highest BCUT2D eigenvalue weighted by Gasteiger charge is 2.65. The van der Waals surface area contributed by atoms with Crippen molar-refractivity contribution in [2.24, 2.45) is 28.8 Å². The summed E-state index contributed by atoms with van der Waals surface area (Å²) in [6, 6.07) is 4.78. The standard InChI is InChI=1S/C34H48N2O7/c1-4-18-41-34-30(36(3)33(40)22-12-13-22)21-28(35-42-5-2)26-19-23(10-6-8-16-37)25(11-7-9-17-38)31(32(26)34)27-20-24(39)14-15-29(27)43-34/h4,14-15,19-20,22-23,25,30-32,37-39H,1,5-13,16-18,21H2,2-3H3/t23-,25+,30-,31+,32+,34+/m0/s1. The summed E-state index contributed by atoms with van der Waals surface area (Å²) in [4.78, 5) is 21.1. The molecule has 1 aromatic rings. The van der Waals surface area contributed by atoms with Gasteiger partial charge in [0.1, 0.15) is 24.1 Å². The molecule has 43 heavy (non-hydrogen) atoms. The van der Waals surface area contributed by atoms with E-state index in [1.165, 1.54) is 0 Å². The molecule has 0 unspecified atom stereocenters. The molecule has 9 nitrogen and oxygen atoms in total. The van der Waals surface area contributed by atoms with Crippen molar-refractivity contribution < 1.29 is 34.4 Å². The smallest absolute Gasteiger partial charge is 0.239 e. The van der Waals surface area contributed by atoms with E-state index in [0.29, 0.717) is 25.2 Å². The van der Waals surface area contributed by atoms with Crippen molar-refractivity contribution >= 4 is 11.6 Å². The Morgan fingerprint density at radius 3 is 2.60 bits per heavy atom. The number of fused-ring (bicyclic) bond motifs is 2. The third kappa shape index (κ3) is 6.22. The van der Waals surface area contributed by atoms with Gasteiger partial charge in [-0.3, -0.25) is 4.79 Å². The van der Waals surface area contributed by atoms with E-state index in [4.69, 9.17) is 14.3 Å². The summed E-state index contributed by atoms with van der Waals surface area (Å²) in [6.07, 6.45) is 11.1. The van der Waals surface area contributed by atoms with Gasteiger partial charge in [0.2, 0.25) is 11.7 Å². The molecule has 0 aromatic heterocycles. The van der Waals surface area contributed by atoms with Gasteiger partial charge in [-0.05, 0) is 81.1 Å². The van der Waals surface area contributed by atoms with E-state index >= 15 is 0 Å². The Labute approximate surface area is 255 Å². The van der Waals surface area contributed by atoms with Crippen molar-refractivity contribution in [3.05, 3.63) is 48.1 Å². The van der Waals surface area contributed by atoms with Crippen molar-refractivity contribution in [1.82, 2.24) is 4.90 Å². The molecule has 0 spiro atoms. The normalized spacial score (nSPS) is 30.1. The minimum Gasteiger partial charge on any atom is -0.508 e. The molecule has 1 aliphatic heterocycles. The van der Waals surface area contributed by atoms with Crippen LogP contribution in [0.25, 0.3) is 0 Å². The number of benzene rings is 1. The van der Waals surface area contributed by atoms with Crippen molar-refractivity contribution in [2.75, 3.05) is 33.5 Å². The maximum Gasteiger partial charge on any atom is 0.239 e. The molecule has 0 saturated heterocycles. The monoisotopic (exact) mass is 596 g/mol. The second kappa shape index (κ2) is 13.8. The third-order valence-electron chi connectivity index (χ3n) is 9.70. The number of hydrogen-bond donors (Lipinski definition) is 3. The first-order valence-electron chi connectivity index (χ1n) is 16.1. The molecule has 236 valence electrons. The second-order valence-corrected chi connectivity index (χ2v) is 12.4. The van der Waals surface area contributed by atoms with Gasteiger partial charge in [-0.2, -0.15) is 0 Å². The van der Waals surface area contributed by atoms with Gasteiger partial charge in [0.15, 0.2) is 0 Å². The SMILES string of the molecule is C=CCO[C@@]12Oc3ccc(O)cc3[C@H]3[C@H](CCCCO)[C@@H](CCCCO)C=C(C(=NOCC)C[C@@H]1N(C)C(=O)C1CC1)[C@H]32. The molecule has 1 amide bonds. The molecule has 3 N–H and O–H groups in total. The Kier molecular flexibility index (Phi) is 10.1. The van der Waals surface area contributed by atoms with Crippen molar-refractivity contribution in [3.63, 3.8) is 0 Å². The van der Waals surface area contributed by atoms with E-state index in [0.717, 1.165) is 61.8 Å². The molecular weight excluding hydrogens is 548 g/mol. The molecule has 6 atom stereocenters. The number of phenols is 1. The van der Waals surface area contributed by atoms with Gasteiger partial charge in [-0.15, -0.1) is 6.58 Å². The minimum absolute atomic E-state index is 0.0165. The van der Waals surface area contributed by atoms with Crippen molar-refractivity contribution in [2.45, 2.75) is 82.5 Å². The fourth-order valence-electron chi connectivity index (χ4n) is 7.65. The fourth-order valence-corrected chi connectivity index (χ4v) is 7.65. The molecule has 1 aromatic carbocycles. The van der Waals surface area contributed by atoms with E-state index < -0.39 is 11.8 Å². The molecule has 5 rings (SSSR count). The number of unbranched alkanes of at least 4 members (excludes halogenated alkanes) is 2. The van der Waals surface area contributed by atoms with Crippen LogP contribution in [0.2, 0.25) is 0 Å². The van der Waals surface area contributed by atoms with Crippen LogP contribution in [0.1, 0.15) is 76.2 Å². The molecule has 1 heterocycles. The van der Waals surface area contributed by atoms with Crippen LogP contribution in [0, 0.1) is 23.7 Å². The Bertz CT molecular complexity index is 1210. The van der Waals surface area contributed by atoms with Gasteiger partial charge in [0.25, 0.3) is 0 Å². The number of carbonyl (C=O) groups is 1. The van der Waals surface area contributed by atoms with Crippen molar-refractivity contribution in [3.8, 4) is 11.5 Å². The maximum atomic E-state index is 13.6. The topological polar surface area (TPSA) is 121 Å². The van der Waals surface area contributed by atoms with E-state index in [-0.39, 0.29) is 61.1 Å². The highest BCUT2D eigenvalue weighted by Crippen LogP contribution is 2.61. The number of hydrogen-bond acceptors (Lipinski definition) is 8. The number of nitrogens with zero attached hydrogens (tertiary/aromatic N) is 2. The first-order valence-corrected chi connectivity index (χ1v) is 16.1. The largest absolute Gasteiger partial charge is 0.508 e. The lowest BCUT2D eigenvalue weighted by atomic mass is 9.55. The Morgan fingerprint density at radius 2 is 1.93 bits per heavy atom. The van der Waals surface area contributed by atoms with Crippen LogP contribution < -0.4 is 4.74 Å². The van der Waals surface area contributed by atoms with Gasteiger partial charge in [0, 0.05) is 44.1 Å². The Balaban J connectivity index is 1.73. The highest BCUT2D eigenvalue weighted by molar-refractivity contribution is 6.03. The Morgan fingerprint density at radius 1 is 1.19 bits per heavy atom. The van der Waals surface area contributed by atoms with Crippen LogP contribution in [0.3, 0.4) is 0 Å². The number of carbonyl (C=O) groups excluding carboxylic acids is 1. The zero-order valence-electron chi connectivity index (χ0n) is 25.6. The van der Waals surface area contributed by atoms with E-state index in [1.807, 2.05) is 31.0 Å². The number of amides is 1. The molecule has 3 aliphatic carbocycles. The summed E-state index contributed by atoms with van der Waals surface area (Å²) in [5, 5.41) is 34.6. The fraction of sp³-hybridized carbons (Fsp3) is 0.647.